The van der Waals surface area contributed by atoms with Crippen LogP contribution < -0.4 is 4.72 Å². The van der Waals surface area contributed by atoms with Crippen molar-refractivity contribution in [3.05, 3.63) is 40.3 Å². The second-order valence-corrected chi connectivity index (χ2v) is 6.19. The minimum absolute atomic E-state index is 0.0475. The molecule has 0 unspecified atom stereocenters. The third kappa shape index (κ3) is 2.98. The van der Waals surface area contributed by atoms with Crippen molar-refractivity contribution >= 4 is 33.4 Å². The molecule has 1 heterocycles. The van der Waals surface area contributed by atoms with E-state index in [4.69, 9.17) is 16.7 Å². The Labute approximate surface area is 123 Å². The lowest BCUT2D eigenvalue weighted by molar-refractivity contribution is 0.0691. The van der Waals surface area contributed by atoms with Crippen molar-refractivity contribution in [2.24, 2.45) is 0 Å². The standard InChI is InChI=1S/C11H9ClFN3O4S/c1-5-4-14-15-10(5)16-21(19,20)8-3-6(12)2-7(9(8)13)11(17)18/h2-4H,1H3,(H,17,18)(H2,14,15,16). The fourth-order valence-electron chi connectivity index (χ4n) is 1.55. The second-order valence-electron chi connectivity index (χ2n) is 4.10. The van der Waals surface area contributed by atoms with E-state index in [1.807, 2.05) is 0 Å². The van der Waals surface area contributed by atoms with E-state index in [2.05, 4.69) is 14.9 Å². The second kappa shape index (κ2) is 5.34. The summed E-state index contributed by atoms with van der Waals surface area (Å²) in [5.74, 6) is -2.97. The molecule has 10 heteroatoms. The number of hydrogen-bond acceptors (Lipinski definition) is 4. The number of H-pyrrole nitrogens is 1. The maximum Gasteiger partial charge on any atom is 0.338 e. The van der Waals surface area contributed by atoms with Gasteiger partial charge in [-0.1, -0.05) is 11.6 Å². The Balaban J connectivity index is 2.55. The first-order valence-electron chi connectivity index (χ1n) is 5.47. The third-order valence-corrected chi connectivity index (χ3v) is 4.16. The number of halogens is 2. The third-order valence-electron chi connectivity index (χ3n) is 2.59. The van der Waals surface area contributed by atoms with Crippen LogP contribution >= 0.6 is 11.6 Å². The summed E-state index contributed by atoms with van der Waals surface area (Å²) in [5, 5.41) is 14.6. The highest BCUT2D eigenvalue weighted by Gasteiger charge is 2.26. The van der Waals surface area contributed by atoms with Crippen LogP contribution in [0, 0.1) is 12.7 Å². The Kier molecular flexibility index (Phi) is 3.88. The van der Waals surface area contributed by atoms with Gasteiger partial charge in [0.05, 0.1) is 11.8 Å². The predicted molar refractivity (Wildman–Crippen MR) is 72.5 cm³/mol. The zero-order valence-corrected chi connectivity index (χ0v) is 12.1. The molecule has 0 aliphatic carbocycles. The largest absolute Gasteiger partial charge is 0.478 e. The summed E-state index contributed by atoms with van der Waals surface area (Å²) in [6.45, 7) is 1.58. The van der Waals surface area contributed by atoms with Crippen LogP contribution in [0.4, 0.5) is 10.2 Å². The number of rotatable bonds is 4. The molecular weight excluding hydrogens is 325 g/mol. The number of aromatic amines is 1. The number of hydrogen-bond donors (Lipinski definition) is 3. The van der Waals surface area contributed by atoms with Crippen LogP contribution in [-0.4, -0.2) is 29.7 Å². The predicted octanol–water partition coefficient (Wildman–Crippen LogP) is 2.01. The Hall–Kier alpha value is -2.13. The topological polar surface area (TPSA) is 112 Å². The summed E-state index contributed by atoms with van der Waals surface area (Å²) in [5.41, 5.74) is -0.344. The normalized spacial score (nSPS) is 11.4. The van der Waals surface area contributed by atoms with Gasteiger partial charge in [0, 0.05) is 10.6 Å². The molecule has 0 fully saturated rings. The summed E-state index contributed by atoms with van der Waals surface area (Å²) in [6, 6.07) is 1.66. The van der Waals surface area contributed by atoms with Crippen molar-refractivity contribution < 1.29 is 22.7 Å². The minimum atomic E-state index is -4.36. The van der Waals surface area contributed by atoms with E-state index in [-0.39, 0.29) is 10.8 Å². The number of nitrogens with one attached hydrogen (secondary N) is 2. The highest BCUT2D eigenvalue weighted by atomic mass is 35.5. The number of sulfonamides is 1. The molecule has 2 aromatic rings. The molecule has 112 valence electrons. The summed E-state index contributed by atoms with van der Waals surface area (Å²) < 4.78 is 40.4. The first kappa shape index (κ1) is 15.3. The Bertz CT molecular complexity index is 819. The van der Waals surface area contributed by atoms with Crippen molar-refractivity contribution in [3.8, 4) is 0 Å². The lowest BCUT2D eigenvalue weighted by Crippen LogP contribution is -2.17. The Morgan fingerprint density at radius 3 is 2.67 bits per heavy atom. The van der Waals surface area contributed by atoms with Gasteiger partial charge in [0.2, 0.25) is 0 Å². The van der Waals surface area contributed by atoms with Crippen LogP contribution in [0.5, 0.6) is 0 Å². The van der Waals surface area contributed by atoms with Gasteiger partial charge in [0.1, 0.15) is 10.7 Å². The molecule has 21 heavy (non-hydrogen) atoms. The molecule has 0 saturated heterocycles. The SMILES string of the molecule is Cc1cn[nH]c1NS(=O)(=O)c1cc(Cl)cc(C(=O)O)c1F. The van der Waals surface area contributed by atoms with Crippen LogP contribution in [0.1, 0.15) is 15.9 Å². The summed E-state index contributed by atoms with van der Waals surface area (Å²) >= 11 is 5.64. The number of benzene rings is 1. The van der Waals surface area contributed by atoms with Gasteiger partial charge < -0.3 is 5.11 Å². The molecule has 3 N–H and O–H groups in total. The number of carboxylic acid groups (broad SMARTS) is 1. The van der Waals surface area contributed by atoms with Gasteiger partial charge in [-0.15, -0.1) is 0 Å². The number of anilines is 1. The van der Waals surface area contributed by atoms with Gasteiger partial charge in [-0.25, -0.2) is 17.6 Å². The number of aryl methyl sites for hydroxylation is 1. The molecule has 0 amide bonds. The summed E-state index contributed by atoms with van der Waals surface area (Å²) in [4.78, 5) is 10.0. The van der Waals surface area contributed by atoms with Gasteiger partial charge in [-0.3, -0.25) is 9.82 Å². The van der Waals surface area contributed by atoms with Crippen molar-refractivity contribution in [3.63, 3.8) is 0 Å². The highest BCUT2D eigenvalue weighted by Crippen LogP contribution is 2.26. The molecule has 1 aromatic carbocycles. The van der Waals surface area contributed by atoms with Gasteiger partial charge in [0.25, 0.3) is 10.0 Å². The molecule has 0 atom stereocenters. The molecule has 0 aliphatic heterocycles. The average molecular weight is 334 g/mol. The lowest BCUT2D eigenvalue weighted by Gasteiger charge is -2.10. The van der Waals surface area contributed by atoms with Crippen LogP contribution in [0.3, 0.4) is 0 Å². The van der Waals surface area contributed by atoms with Gasteiger partial charge in [0.15, 0.2) is 5.82 Å². The monoisotopic (exact) mass is 333 g/mol. The first-order valence-corrected chi connectivity index (χ1v) is 7.33. The fourth-order valence-corrected chi connectivity index (χ4v) is 3.05. The molecular formula is C11H9ClFN3O4S. The van der Waals surface area contributed by atoms with E-state index in [0.29, 0.717) is 5.56 Å². The van der Waals surface area contributed by atoms with Crippen molar-refractivity contribution in [1.29, 1.82) is 0 Å². The molecule has 7 nitrogen and oxygen atoms in total. The van der Waals surface area contributed by atoms with E-state index >= 15 is 0 Å². The van der Waals surface area contributed by atoms with Crippen molar-refractivity contribution in [2.45, 2.75) is 11.8 Å². The van der Waals surface area contributed by atoms with Gasteiger partial charge in [-0.2, -0.15) is 5.10 Å². The first-order chi connectivity index (χ1) is 9.72. The zero-order valence-electron chi connectivity index (χ0n) is 10.5. The number of aromatic carboxylic acids is 1. The van der Waals surface area contributed by atoms with E-state index in [0.717, 1.165) is 12.1 Å². The quantitative estimate of drug-likeness (QED) is 0.792. The smallest absolute Gasteiger partial charge is 0.338 e. The minimum Gasteiger partial charge on any atom is -0.478 e. The molecule has 2 rings (SSSR count). The number of nitrogens with zero attached hydrogens (tertiary/aromatic N) is 1. The molecule has 1 aromatic heterocycles. The lowest BCUT2D eigenvalue weighted by atomic mass is 10.2. The number of carbonyl (C=O) groups is 1. The highest BCUT2D eigenvalue weighted by molar-refractivity contribution is 7.92. The van der Waals surface area contributed by atoms with Gasteiger partial charge >= 0.3 is 5.97 Å². The summed E-state index contributed by atoms with van der Waals surface area (Å²) in [7, 11) is -4.36. The van der Waals surface area contributed by atoms with E-state index < -0.39 is 32.3 Å². The molecule has 0 spiro atoms. The maximum absolute atomic E-state index is 14.0. The molecule has 0 aliphatic rings. The Morgan fingerprint density at radius 1 is 1.48 bits per heavy atom. The van der Waals surface area contributed by atoms with E-state index in [1.165, 1.54) is 6.20 Å². The van der Waals surface area contributed by atoms with Crippen molar-refractivity contribution in [2.75, 3.05) is 4.72 Å². The van der Waals surface area contributed by atoms with Crippen molar-refractivity contribution in [1.82, 2.24) is 10.2 Å². The average Bonchev–Trinajstić information content (AvgIpc) is 2.76. The van der Waals surface area contributed by atoms with Crippen LogP contribution in [0.15, 0.2) is 23.2 Å². The number of carboxylic acids is 1. The summed E-state index contributed by atoms with van der Waals surface area (Å²) in [6.07, 6.45) is 1.37. The molecule has 0 radical (unpaired) electrons. The number of aromatic nitrogens is 2. The molecule has 0 bridgehead atoms. The van der Waals surface area contributed by atoms with E-state index in [1.54, 1.807) is 6.92 Å². The van der Waals surface area contributed by atoms with Crippen LogP contribution in [0.2, 0.25) is 5.02 Å². The maximum atomic E-state index is 14.0. The van der Waals surface area contributed by atoms with Crippen LogP contribution in [0.25, 0.3) is 0 Å². The zero-order chi connectivity index (χ0) is 15.8. The van der Waals surface area contributed by atoms with Crippen LogP contribution in [-0.2, 0) is 10.0 Å². The van der Waals surface area contributed by atoms with Gasteiger partial charge in [-0.05, 0) is 19.1 Å². The van der Waals surface area contributed by atoms with E-state index in [9.17, 15) is 17.6 Å². The Morgan fingerprint density at radius 2 is 2.14 bits per heavy atom. The fraction of sp³-hybridized carbons (Fsp3) is 0.0909. The molecule has 0 saturated carbocycles.